The molecule has 1 N–H and O–H groups in total. The van der Waals surface area contributed by atoms with Crippen molar-refractivity contribution >= 4 is 0 Å². The Morgan fingerprint density at radius 3 is 2.31 bits per heavy atom. The topological polar surface area (TPSA) is 21.3 Å². The van der Waals surface area contributed by atoms with Crippen LogP contribution in [-0.4, -0.2) is 12.4 Å². The lowest BCUT2D eigenvalue weighted by molar-refractivity contribution is -0.274. The number of hydrogen-bond donors (Lipinski definition) is 1. The summed E-state index contributed by atoms with van der Waals surface area (Å²) in [7, 11) is 0. The Bertz CT molecular complexity index is 343. The molecule has 16 heavy (non-hydrogen) atoms. The van der Waals surface area contributed by atoms with E-state index in [1.807, 2.05) is 0 Å². The number of alkyl halides is 3. The number of nitrogens with one attached hydrogen (secondary N) is 1. The Hall–Kier alpha value is -1.23. The van der Waals surface area contributed by atoms with E-state index in [-0.39, 0.29) is 5.75 Å². The molecule has 0 atom stereocenters. The fourth-order valence-corrected chi connectivity index (χ4v) is 1.36. The molecule has 2 nitrogen and oxygen atoms in total. The van der Waals surface area contributed by atoms with E-state index in [9.17, 15) is 13.2 Å². The number of benzene rings is 1. The molecule has 1 aromatic carbocycles. The summed E-state index contributed by atoms with van der Waals surface area (Å²) in [6, 6.07) is 6.52. The van der Waals surface area contributed by atoms with Gasteiger partial charge in [0.25, 0.3) is 0 Å². The zero-order valence-electron chi connectivity index (χ0n) is 8.55. The second-order valence-electron chi connectivity index (χ2n) is 3.85. The van der Waals surface area contributed by atoms with Gasteiger partial charge in [0, 0.05) is 12.6 Å². The lowest BCUT2D eigenvalue weighted by Crippen LogP contribution is -2.17. The average Bonchev–Trinajstić information content (AvgIpc) is 2.98. The highest BCUT2D eigenvalue weighted by atomic mass is 19.4. The second-order valence-corrected chi connectivity index (χ2v) is 3.85. The summed E-state index contributed by atoms with van der Waals surface area (Å²) in [6.07, 6.45) is -2.24. The Morgan fingerprint density at radius 1 is 1.19 bits per heavy atom. The largest absolute Gasteiger partial charge is 0.573 e. The first-order valence-corrected chi connectivity index (χ1v) is 5.11. The molecule has 0 unspecified atom stereocenters. The first kappa shape index (κ1) is 11.3. The summed E-state index contributed by atoms with van der Waals surface area (Å²) in [6.45, 7) is 0.691. The minimum Gasteiger partial charge on any atom is -0.406 e. The van der Waals surface area contributed by atoms with Gasteiger partial charge in [-0.3, -0.25) is 0 Å². The molecule has 0 aliphatic heterocycles. The molecule has 1 aliphatic carbocycles. The molecule has 0 aromatic heterocycles. The van der Waals surface area contributed by atoms with Crippen LogP contribution in [0.1, 0.15) is 18.4 Å². The highest BCUT2D eigenvalue weighted by Gasteiger charge is 2.30. The summed E-state index contributed by atoms with van der Waals surface area (Å²) < 4.78 is 39.4. The molecule has 88 valence electrons. The van der Waals surface area contributed by atoms with Crippen molar-refractivity contribution in [1.29, 1.82) is 0 Å². The van der Waals surface area contributed by atoms with Gasteiger partial charge < -0.3 is 10.1 Å². The smallest absolute Gasteiger partial charge is 0.406 e. The normalized spacial score (nSPS) is 16.2. The zero-order chi connectivity index (χ0) is 11.6. The third-order valence-electron chi connectivity index (χ3n) is 2.33. The van der Waals surface area contributed by atoms with Crippen LogP contribution in [0.2, 0.25) is 0 Å². The first-order valence-electron chi connectivity index (χ1n) is 5.11. The maximum absolute atomic E-state index is 11.9. The van der Waals surface area contributed by atoms with Crippen molar-refractivity contribution in [1.82, 2.24) is 5.32 Å². The molecular formula is C11H12F3NO. The van der Waals surface area contributed by atoms with E-state index >= 15 is 0 Å². The molecule has 0 bridgehead atoms. The van der Waals surface area contributed by atoms with Crippen LogP contribution >= 0.6 is 0 Å². The quantitative estimate of drug-likeness (QED) is 0.860. The lowest BCUT2D eigenvalue weighted by atomic mass is 10.2. The Labute approximate surface area is 91.4 Å². The van der Waals surface area contributed by atoms with Crippen LogP contribution in [0.5, 0.6) is 5.75 Å². The van der Waals surface area contributed by atoms with Crippen LogP contribution in [0.4, 0.5) is 13.2 Å². The Balaban J connectivity index is 1.87. The van der Waals surface area contributed by atoms with Crippen LogP contribution in [0.3, 0.4) is 0 Å². The first-order chi connectivity index (χ1) is 7.53. The fraction of sp³-hybridized carbons (Fsp3) is 0.455. The minimum atomic E-state index is -4.62. The molecule has 1 fully saturated rings. The Kier molecular flexibility index (Phi) is 3.05. The van der Waals surface area contributed by atoms with Gasteiger partial charge in [-0.25, -0.2) is 0 Å². The van der Waals surface area contributed by atoms with Crippen molar-refractivity contribution in [3.8, 4) is 5.75 Å². The van der Waals surface area contributed by atoms with Crippen molar-refractivity contribution in [2.75, 3.05) is 0 Å². The summed E-state index contributed by atoms with van der Waals surface area (Å²) in [4.78, 5) is 0. The highest BCUT2D eigenvalue weighted by Crippen LogP contribution is 2.23. The molecule has 0 saturated heterocycles. The highest BCUT2D eigenvalue weighted by molar-refractivity contribution is 5.27. The SMILES string of the molecule is FC(F)(F)Oc1ccc(CNC2CC2)cc1. The molecular weight excluding hydrogens is 219 g/mol. The molecule has 0 spiro atoms. The summed E-state index contributed by atoms with van der Waals surface area (Å²) in [5.74, 6) is -0.178. The van der Waals surface area contributed by atoms with Gasteiger partial charge in [-0.2, -0.15) is 0 Å². The predicted molar refractivity (Wildman–Crippen MR) is 53.0 cm³/mol. The second kappa shape index (κ2) is 4.33. The number of ether oxygens (including phenoxy) is 1. The van der Waals surface area contributed by atoms with Crippen LogP contribution in [0, 0.1) is 0 Å². The van der Waals surface area contributed by atoms with Crippen LogP contribution in [0.15, 0.2) is 24.3 Å². The van der Waals surface area contributed by atoms with Crippen molar-refractivity contribution in [3.05, 3.63) is 29.8 Å². The van der Waals surface area contributed by atoms with Gasteiger partial charge in [0.2, 0.25) is 0 Å². The zero-order valence-corrected chi connectivity index (χ0v) is 8.55. The van der Waals surface area contributed by atoms with E-state index in [2.05, 4.69) is 10.1 Å². The average molecular weight is 231 g/mol. The molecule has 1 aromatic rings. The maximum atomic E-state index is 11.9. The maximum Gasteiger partial charge on any atom is 0.573 e. The molecule has 1 saturated carbocycles. The third-order valence-corrected chi connectivity index (χ3v) is 2.33. The lowest BCUT2D eigenvalue weighted by Gasteiger charge is -2.09. The van der Waals surface area contributed by atoms with Gasteiger partial charge in [-0.05, 0) is 30.5 Å². The van der Waals surface area contributed by atoms with Crippen LogP contribution in [-0.2, 0) is 6.54 Å². The van der Waals surface area contributed by atoms with Crippen molar-refractivity contribution < 1.29 is 17.9 Å². The minimum absolute atomic E-state index is 0.178. The van der Waals surface area contributed by atoms with Crippen molar-refractivity contribution in [3.63, 3.8) is 0 Å². The van der Waals surface area contributed by atoms with Gasteiger partial charge in [0.15, 0.2) is 0 Å². The monoisotopic (exact) mass is 231 g/mol. The molecule has 1 aliphatic rings. The van der Waals surface area contributed by atoms with Crippen LogP contribution in [0.25, 0.3) is 0 Å². The molecule has 0 radical (unpaired) electrons. The van der Waals surface area contributed by atoms with E-state index in [0.717, 1.165) is 5.56 Å². The standard InChI is InChI=1S/C11H12F3NO/c12-11(13,14)16-10-5-1-8(2-6-10)7-15-9-3-4-9/h1-2,5-6,9,15H,3-4,7H2. The summed E-state index contributed by atoms with van der Waals surface area (Å²) in [5.41, 5.74) is 0.960. The molecule has 0 amide bonds. The molecule has 5 heteroatoms. The van der Waals surface area contributed by atoms with Crippen LogP contribution < -0.4 is 10.1 Å². The number of halogens is 3. The number of hydrogen-bond acceptors (Lipinski definition) is 2. The Morgan fingerprint density at radius 2 is 1.81 bits per heavy atom. The van der Waals surface area contributed by atoms with Gasteiger partial charge in [-0.1, -0.05) is 12.1 Å². The third kappa shape index (κ3) is 3.73. The van der Waals surface area contributed by atoms with Crippen molar-refractivity contribution in [2.24, 2.45) is 0 Å². The summed E-state index contributed by atoms with van der Waals surface area (Å²) >= 11 is 0. The van der Waals surface area contributed by atoms with E-state index in [4.69, 9.17) is 0 Å². The van der Waals surface area contributed by atoms with Gasteiger partial charge >= 0.3 is 6.36 Å². The van der Waals surface area contributed by atoms with Gasteiger partial charge in [0.1, 0.15) is 5.75 Å². The van der Waals surface area contributed by atoms with E-state index in [1.165, 1.54) is 25.0 Å². The summed E-state index contributed by atoms with van der Waals surface area (Å²) in [5, 5.41) is 3.28. The number of rotatable bonds is 4. The fourth-order valence-electron chi connectivity index (χ4n) is 1.36. The van der Waals surface area contributed by atoms with E-state index in [1.54, 1.807) is 12.1 Å². The van der Waals surface area contributed by atoms with Crippen molar-refractivity contribution in [2.45, 2.75) is 31.8 Å². The van der Waals surface area contributed by atoms with Gasteiger partial charge in [0.05, 0.1) is 0 Å². The van der Waals surface area contributed by atoms with E-state index in [0.29, 0.717) is 12.6 Å². The molecule has 0 heterocycles. The van der Waals surface area contributed by atoms with E-state index < -0.39 is 6.36 Å². The predicted octanol–water partition coefficient (Wildman–Crippen LogP) is 2.84. The molecule has 2 rings (SSSR count). The van der Waals surface area contributed by atoms with Gasteiger partial charge in [-0.15, -0.1) is 13.2 Å².